The van der Waals surface area contributed by atoms with Crippen LogP contribution in [0.1, 0.15) is 11.1 Å². The van der Waals surface area contributed by atoms with Crippen LogP contribution in [-0.4, -0.2) is 36.3 Å². The minimum atomic E-state index is -0.353. The number of hydrogen-bond donors (Lipinski definition) is 0. The number of thioether (sulfide) groups is 1. The van der Waals surface area contributed by atoms with Crippen molar-refractivity contribution < 1.29 is 23.8 Å². The van der Waals surface area contributed by atoms with Crippen LogP contribution in [0.2, 0.25) is 10.0 Å². The maximum atomic E-state index is 12.9. The van der Waals surface area contributed by atoms with Crippen molar-refractivity contribution in [1.29, 1.82) is 0 Å². The van der Waals surface area contributed by atoms with Gasteiger partial charge in [0.25, 0.3) is 11.1 Å². The topological polar surface area (TPSA) is 65.1 Å². The maximum absolute atomic E-state index is 12.9. The molecule has 10 heteroatoms. The molecule has 1 fully saturated rings. The van der Waals surface area contributed by atoms with E-state index in [0.717, 1.165) is 20.9 Å². The Morgan fingerprint density at radius 1 is 1.03 bits per heavy atom. The fraction of sp³-hybridized carbons (Fsp3) is 0.154. The molecule has 0 radical (unpaired) electrons. The molecular weight excluding hydrogens is 636 g/mol. The molecule has 2 amide bonds. The van der Waals surface area contributed by atoms with Gasteiger partial charge in [0.05, 0.1) is 22.1 Å². The molecule has 1 aliphatic rings. The number of carbonyl (C=O) groups excluding carboxylic acids is 2. The van der Waals surface area contributed by atoms with Gasteiger partial charge in [-0.15, -0.1) is 0 Å². The molecule has 0 saturated carbocycles. The van der Waals surface area contributed by atoms with Crippen LogP contribution in [0.4, 0.5) is 4.79 Å². The van der Waals surface area contributed by atoms with Crippen LogP contribution in [-0.2, 0) is 11.4 Å². The number of rotatable bonds is 9. The van der Waals surface area contributed by atoms with Crippen LogP contribution >= 0.6 is 57.6 Å². The summed E-state index contributed by atoms with van der Waals surface area (Å²) >= 11 is 15.3. The number of methoxy groups -OCH3 is 1. The Morgan fingerprint density at radius 2 is 1.81 bits per heavy atom. The summed E-state index contributed by atoms with van der Waals surface area (Å²) in [6.07, 6.45) is 1.67. The highest BCUT2D eigenvalue weighted by atomic mass is 127. The van der Waals surface area contributed by atoms with Gasteiger partial charge in [0.1, 0.15) is 19.0 Å². The molecule has 0 aromatic heterocycles. The number of ether oxygens (including phenoxy) is 3. The average molecular weight is 656 g/mol. The van der Waals surface area contributed by atoms with Gasteiger partial charge in [-0.05, 0) is 82.4 Å². The Bertz CT molecular complexity index is 1320. The van der Waals surface area contributed by atoms with Crippen molar-refractivity contribution in [3.8, 4) is 17.2 Å². The van der Waals surface area contributed by atoms with Gasteiger partial charge < -0.3 is 14.2 Å². The van der Waals surface area contributed by atoms with Crippen molar-refractivity contribution in [1.82, 2.24) is 4.90 Å². The molecule has 186 valence electrons. The van der Waals surface area contributed by atoms with Gasteiger partial charge in [-0.2, -0.15) is 0 Å². The predicted molar refractivity (Wildman–Crippen MR) is 151 cm³/mol. The molecule has 0 aliphatic carbocycles. The Balaban J connectivity index is 1.45. The van der Waals surface area contributed by atoms with Crippen molar-refractivity contribution in [2.75, 3.05) is 20.3 Å². The first-order valence-electron chi connectivity index (χ1n) is 10.7. The fourth-order valence-corrected chi connectivity index (χ4v) is 5.48. The van der Waals surface area contributed by atoms with Crippen LogP contribution in [0.15, 0.2) is 65.6 Å². The number of nitrogens with zero attached hydrogens (tertiary/aromatic N) is 1. The minimum Gasteiger partial charge on any atom is -0.493 e. The normalized spacial score (nSPS) is 14.4. The highest BCUT2D eigenvalue weighted by Crippen LogP contribution is 2.38. The summed E-state index contributed by atoms with van der Waals surface area (Å²) in [7, 11) is 1.54. The molecular formula is C26H20Cl2INO5S. The first-order valence-corrected chi connectivity index (χ1v) is 13.4. The molecule has 0 N–H and O–H groups in total. The van der Waals surface area contributed by atoms with Gasteiger partial charge in [-0.3, -0.25) is 14.5 Å². The summed E-state index contributed by atoms with van der Waals surface area (Å²) in [5.74, 6) is 1.37. The third-order valence-corrected chi connectivity index (χ3v) is 7.43. The van der Waals surface area contributed by atoms with Crippen molar-refractivity contribution >= 4 is 74.8 Å². The Morgan fingerprint density at radius 3 is 2.53 bits per heavy atom. The van der Waals surface area contributed by atoms with E-state index >= 15 is 0 Å². The van der Waals surface area contributed by atoms with Crippen molar-refractivity contribution in [2.45, 2.75) is 6.61 Å². The lowest BCUT2D eigenvalue weighted by molar-refractivity contribution is -0.123. The second-order valence-corrected chi connectivity index (χ2v) is 10.6. The van der Waals surface area contributed by atoms with E-state index in [9.17, 15) is 9.59 Å². The third-order valence-electron chi connectivity index (χ3n) is 5.14. The summed E-state index contributed by atoms with van der Waals surface area (Å²) in [5, 5.41) is 0.732. The molecule has 3 aromatic carbocycles. The highest BCUT2D eigenvalue weighted by Gasteiger charge is 2.35. The second-order valence-electron chi connectivity index (χ2n) is 7.55. The molecule has 1 aliphatic heterocycles. The zero-order valence-electron chi connectivity index (χ0n) is 19.0. The number of halogens is 3. The van der Waals surface area contributed by atoms with Gasteiger partial charge in [-0.1, -0.05) is 47.5 Å². The van der Waals surface area contributed by atoms with E-state index in [1.54, 1.807) is 30.3 Å². The third kappa shape index (κ3) is 6.47. The average Bonchev–Trinajstić information content (AvgIpc) is 3.12. The molecule has 3 aromatic rings. The number of amides is 2. The molecule has 36 heavy (non-hydrogen) atoms. The summed E-state index contributed by atoms with van der Waals surface area (Å²) in [4.78, 5) is 26.8. The van der Waals surface area contributed by atoms with Crippen LogP contribution in [0, 0.1) is 3.57 Å². The van der Waals surface area contributed by atoms with Gasteiger partial charge >= 0.3 is 0 Å². The summed E-state index contributed by atoms with van der Waals surface area (Å²) < 4.78 is 17.9. The zero-order valence-corrected chi connectivity index (χ0v) is 23.5. The molecule has 0 bridgehead atoms. The van der Waals surface area contributed by atoms with Crippen molar-refractivity contribution in [3.63, 3.8) is 0 Å². The number of carbonyl (C=O) groups is 2. The molecule has 0 spiro atoms. The van der Waals surface area contributed by atoms with E-state index in [-0.39, 0.29) is 30.9 Å². The quantitative estimate of drug-likeness (QED) is 0.178. The highest BCUT2D eigenvalue weighted by molar-refractivity contribution is 14.1. The summed E-state index contributed by atoms with van der Waals surface area (Å²) in [6, 6.07) is 18.1. The van der Waals surface area contributed by atoms with E-state index in [1.807, 2.05) is 36.4 Å². The van der Waals surface area contributed by atoms with Crippen LogP contribution in [0.3, 0.4) is 0 Å². The Kier molecular flexibility index (Phi) is 9.05. The minimum absolute atomic E-state index is 0.164. The first-order chi connectivity index (χ1) is 17.4. The SMILES string of the molecule is COc1cc(/C=C2\SC(=O)N(CCOc3ccccc3)C2=O)cc(I)c1OCc1ccc(Cl)cc1Cl. The van der Waals surface area contributed by atoms with Crippen molar-refractivity contribution in [2.24, 2.45) is 0 Å². The van der Waals surface area contributed by atoms with Crippen LogP contribution in [0.25, 0.3) is 6.08 Å². The predicted octanol–water partition coefficient (Wildman–Crippen LogP) is 7.30. The van der Waals surface area contributed by atoms with Crippen LogP contribution in [0.5, 0.6) is 17.2 Å². The van der Waals surface area contributed by atoms with Gasteiger partial charge in [0.15, 0.2) is 11.5 Å². The Labute approximate surface area is 236 Å². The lowest BCUT2D eigenvalue weighted by atomic mass is 10.1. The molecule has 4 rings (SSSR count). The smallest absolute Gasteiger partial charge is 0.293 e. The Hall–Kier alpha value is -2.40. The van der Waals surface area contributed by atoms with Gasteiger partial charge in [0.2, 0.25) is 0 Å². The van der Waals surface area contributed by atoms with E-state index in [1.165, 1.54) is 12.0 Å². The summed E-state index contributed by atoms with van der Waals surface area (Å²) in [6.45, 7) is 0.605. The fourth-order valence-electron chi connectivity index (χ4n) is 3.37. The lowest BCUT2D eigenvalue weighted by Crippen LogP contribution is -2.32. The van der Waals surface area contributed by atoms with Gasteiger partial charge in [0, 0.05) is 15.6 Å². The molecule has 6 nitrogen and oxygen atoms in total. The largest absolute Gasteiger partial charge is 0.493 e. The number of imide groups is 1. The monoisotopic (exact) mass is 655 g/mol. The van der Waals surface area contributed by atoms with E-state index in [4.69, 9.17) is 37.4 Å². The van der Waals surface area contributed by atoms with Gasteiger partial charge in [-0.25, -0.2) is 0 Å². The second kappa shape index (κ2) is 12.2. The van der Waals surface area contributed by atoms with E-state index < -0.39 is 0 Å². The number of hydrogen-bond acceptors (Lipinski definition) is 6. The van der Waals surface area contributed by atoms with Crippen molar-refractivity contribution in [3.05, 3.63) is 90.3 Å². The molecule has 1 saturated heterocycles. The molecule has 0 atom stereocenters. The number of para-hydroxylation sites is 1. The van der Waals surface area contributed by atoms with E-state index in [0.29, 0.717) is 37.8 Å². The lowest BCUT2D eigenvalue weighted by Gasteiger charge is -2.15. The standard InChI is InChI=1S/C26H20Cl2INO5S/c1-33-22-12-16(11-21(29)24(22)35-15-17-7-8-18(27)14-20(17)28)13-23-25(31)30(26(32)36-23)9-10-34-19-5-3-2-4-6-19/h2-8,11-14H,9-10,15H2,1H3/b23-13-. The zero-order chi connectivity index (χ0) is 25.7. The maximum Gasteiger partial charge on any atom is 0.293 e. The molecule has 0 unspecified atom stereocenters. The summed E-state index contributed by atoms with van der Waals surface area (Å²) in [5.41, 5.74) is 1.49. The first kappa shape index (κ1) is 26.7. The molecule has 1 heterocycles. The van der Waals surface area contributed by atoms with E-state index in [2.05, 4.69) is 22.6 Å². The van der Waals surface area contributed by atoms with Crippen LogP contribution < -0.4 is 14.2 Å². The number of benzene rings is 3.